The summed E-state index contributed by atoms with van der Waals surface area (Å²) in [6.07, 6.45) is 3.03. The average molecular weight is 320 g/mol. The zero-order valence-electron chi connectivity index (χ0n) is 15.0. The van der Waals surface area contributed by atoms with Gasteiger partial charge in [-0.05, 0) is 25.1 Å². The average Bonchev–Trinajstić information content (AvgIpc) is 3.21. The SMILES string of the molecule is [3H][C@@H]1C[C@@H]([3H])[C@H]2O[C@@H](n3cnc4c(=O)[nH]c(/N=C\N(C)C)nc43)C[C@H]21. The first-order chi connectivity index (χ1) is 11.9. The van der Waals surface area contributed by atoms with Gasteiger partial charge in [0.15, 0.2) is 11.2 Å². The van der Waals surface area contributed by atoms with E-state index in [1.165, 1.54) is 6.33 Å². The second-order valence-electron chi connectivity index (χ2n) is 6.08. The van der Waals surface area contributed by atoms with Crippen LogP contribution in [-0.4, -0.2) is 51.0 Å². The van der Waals surface area contributed by atoms with Gasteiger partial charge in [0.05, 0.1) is 18.8 Å². The fourth-order valence-corrected chi connectivity index (χ4v) is 3.09. The molecule has 0 radical (unpaired) electrons. The zero-order chi connectivity index (χ0) is 17.7. The molecule has 0 spiro atoms. The molecule has 0 bridgehead atoms. The number of H-pyrrole nitrogens is 1. The minimum Gasteiger partial charge on any atom is -0.369 e. The molecule has 1 saturated carbocycles. The van der Waals surface area contributed by atoms with Gasteiger partial charge < -0.3 is 9.64 Å². The lowest BCUT2D eigenvalue weighted by atomic mass is 10.0. The van der Waals surface area contributed by atoms with Crippen LogP contribution in [0.25, 0.3) is 11.2 Å². The van der Waals surface area contributed by atoms with Crippen molar-refractivity contribution in [3.63, 3.8) is 0 Å². The molecule has 1 N–H and O–H groups in total. The molecule has 2 aliphatic rings. The maximum absolute atomic E-state index is 12.2. The fourth-order valence-electron chi connectivity index (χ4n) is 3.09. The van der Waals surface area contributed by atoms with E-state index in [-0.39, 0.29) is 48.1 Å². The van der Waals surface area contributed by atoms with E-state index in [1.54, 1.807) is 15.8 Å². The van der Waals surface area contributed by atoms with Crippen LogP contribution in [0.15, 0.2) is 16.1 Å². The van der Waals surface area contributed by atoms with Crippen molar-refractivity contribution in [1.29, 1.82) is 0 Å². The number of hydrogen-bond acceptors (Lipinski definition) is 5. The van der Waals surface area contributed by atoms with E-state index in [0.29, 0.717) is 18.5 Å². The van der Waals surface area contributed by atoms with Crippen LogP contribution in [0.5, 0.6) is 0 Å². The molecular weight excluding hydrogens is 296 g/mol. The highest BCUT2D eigenvalue weighted by Gasteiger charge is 2.39. The number of aliphatic imine (C=N–C) groups is 1. The van der Waals surface area contributed by atoms with Crippen molar-refractivity contribution in [2.75, 3.05) is 14.1 Å². The molecule has 3 heterocycles. The summed E-state index contributed by atoms with van der Waals surface area (Å²) in [5.41, 5.74) is 0.279. The third-order valence-electron chi connectivity index (χ3n) is 4.16. The van der Waals surface area contributed by atoms with Gasteiger partial charge >= 0.3 is 0 Å². The van der Waals surface area contributed by atoms with E-state index < -0.39 is 0 Å². The number of aromatic nitrogens is 4. The van der Waals surface area contributed by atoms with Crippen molar-refractivity contribution >= 4 is 23.5 Å². The van der Waals surface area contributed by atoms with Crippen LogP contribution < -0.4 is 5.56 Å². The van der Waals surface area contributed by atoms with E-state index in [2.05, 4.69) is 19.9 Å². The Morgan fingerprint density at radius 2 is 2.43 bits per heavy atom. The minimum absolute atomic E-state index is 0.0400. The van der Waals surface area contributed by atoms with Crippen LogP contribution in [0.2, 0.25) is 0 Å². The number of ether oxygens (including phenoxy) is 1. The Hall–Kier alpha value is -2.22. The number of nitrogens with one attached hydrogen (secondary N) is 1. The quantitative estimate of drug-likeness (QED) is 0.682. The van der Waals surface area contributed by atoms with Gasteiger partial charge in [-0.25, -0.2) is 9.98 Å². The first-order valence-corrected chi connectivity index (χ1v) is 7.61. The largest absolute Gasteiger partial charge is 0.369 e. The summed E-state index contributed by atoms with van der Waals surface area (Å²) < 4.78 is 23.9. The molecule has 8 heteroatoms. The number of hydrogen-bond donors (Lipinski definition) is 1. The van der Waals surface area contributed by atoms with Gasteiger partial charge in [-0.15, -0.1) is 0 Å². The van der Waals surface area contributed by atoms with Gasteiger partial charge in [-0.2, -0.15) is 4.98 Å². The minimum atomic E-state index is -0.371. The van der Waals surface area contributed by atoms with Crippen LogP contribution in [0, 0.1) is 5.92 Å². The lowest BCUT2D eigenvalue weighted by Gasteiger charge is -2.14. The molecule has 1 aliphatic carbocycles. The molecule has 0 aromatic carbocycles. The Bertz CT molecular complexity index is 863. The molecule has 122 valence electrons. The molecule has 0 unspecified atom stereocenters. The molecule has 2 fully saturated rings. The molecule has 1 saturated heterocycles. The first-order valence-electron chi connectivity index (χ1n) is 8.77. The summed E-state index contributed by atoms with van der Waals surface area (Å²) in [5, 5.41) is 0. The van der Waals surface area contributed by atoms with E-state index in [4.69, 9.17) is 7.48 Å². The summed E-state index contributed by atoms with van der Waals surface area (Å²) >= 11 is 0. The van der Waals surface area contributed by atoms with Crippen LogP contribution in [-0.2, 0) is 4.74 Å². The predicted octanol–water partition coefficient (Wildman–Crippen LogP) is 1.43. The summed E-state index contributed by atoms with van der Waals surface area (Å²) in [6, 6.07) is 0. The van der Waals surface area contributed by atoms with E-state index in [1.807, 2.05) is 14.1 Å². The molecule has 23 heavy (non-hydrogen) atoms. The predicted molar refractivity (Wildman–Crippen MR) is 85.9 cm³/mol. The summed E-state index contributed by atoms with van der Waals surface area (Å²) in [5.74, 6) is 0.237. The Kier molecular flexibility index (Phi) is 2.90. The molecule has 5 atom stereocenters. The Labute approximate surface area is 136 Å². The monoisotopic (exact) mass is 320 g/mol. The van der Waals surface area contributed by atoms with Crippen LogP contribution in [0.4, 0.5) is 5.95 Å². The van der Waals surface area contributed by atoms with E-state index >= 15 is 0 Å². The molecule has 2 aromatic heterocycles. The second kappa shape index (κ2) is 5.45. The first kappa shape index (κ1) is 12.2. The van der Waals surface area contributed by atoms with Gasteiger partial charge in [-0.1, -0.05) is 6.42 Å². The second-order valence-corrected chi connectivity index (χ2v) is 6.08. The number of rotatable bonds is 3. The molecule has 2 aromatic rings. The summed E-state index contributed by atoms with van der Waals surface area (Å²) in [6.45, 7) is 0. The molecule has 1 aliphatic heterocycles. The van der Waals surface area contributed by atoms with Crippen molar-refractivity contribution in [3.8, 4) is 0 Å². The highest BCUT2D eigenvalue weighted by atomic mass is 16.5. The maximum atomic E-state index is 12.2. The van der Waals surface area contributed by atoms with Crippen LogP contribution >= 0.6 is 0 Å². The molecule has 8 nitrogen and oxygen atoms in total. The van der Waals surface area contributed by atoms with Crippen molar-refractivity contribution in [2.45, 2.75) is 38.0 Å². The van der Waals surface area contributed by atoms with Gasteiger partial charge in [0.25, 0.3) is 5.56 Å². The Morgan fingerprint density at radius 1 is 1.57 bits per heavy atom. The molecular formula is C15H20N6O2. The number of nitrogens with zero attached hydrogens (tertiary/aromatic N) is 5. The maximum Gasteiger partial charge on any atom is 0.280 e. The Morgan fingerprint density at radius 3 is 3.22 bits per heavy atom. The number of aromatic amines is 1. The van der Waals surface area contributed by atoms with Crippen LogP contribution in [0.3, 0.4) is 0 Å². The normalized spacial score (nSPS) is 34.8. The third-order valence-corrected chi connectivity index (χ3v) is 4.16. The highest BCUT2D eigenvalue weighted by Crippen LogP contribution is 2.43. The van der Waals surface area contributed by atoms with Crippen molar-refractivity contribution in [2.24, 2.45) is 10.9 Å². The van der Waals surface area contributed by atoms with E-state index in [0.717, 1.165) is 0 Å². The highest BCUT2D eigenvalue weighted by molar-refractivity contribution is 5.71. The van der Waals surface area contributed by atoms with Crippen LogP contribution in [0.1, 0.15) is 34.6 Å². The smallest absolute Gasteiger partial charge is 0.280 e. The van der Waals surface area contributed by atoms with Crippen molar-refractivity contribution < 1.29 is 7.48 Å². The summed E-state index contributed by atoms with van der Waals surface area (Å²) in [7, 11) is 3.65. The summed E-state index contributed by atoms with van der Waals surface area (Å²) in [4.78, 5) is 29.2. The van der Waals surface area contributed by atoms with Gasteiger partial charge in [0.2, 0.25) is 5.95 Å². The standard InChI is InChI=1S/C15H20N6O2/c1-20(2)7-17-15-18-13-12(14(22)19-15)16-8-21(13)11-6-9-4-3-5-10(9)23-11/h7-11H,3-6H2,1-2H3,(H,18,19,22)/b17-7-/t9-,10-,11-/m1/s1/i4T,5T/t4-,5-,9-,10-,11-. The molecule has 4 rings (SSSR count). The van der Waals surface area contributed by atoms with Gasteiger partial charge in [-0.3, -0.25) is 14.3 Å². The zero-order valence-corrected chi connectivity index (χ0v) is 13.0. The third kappa shape index (κ3) is 2.52. The fraction of sp³-hybridized carbons (Fsp3) is 0.600. The van der Waals surface area contributed by atoms with E-state index in [9.17, 15) is 4.79 Å². The Balaban J connectivity index is 1.70. The number of fused-ring (bicyclic) bond motifs is 2. The topological polar surface area (TPSA) is 88.4 Å². The lowest BCUT2D eigenvalue weighted by molar-refractivity contribution is 0.00171. The number of imidazole rings is 1. The molecule has 0 amide bonds. The lowest BCUT2D eigenvalue weighted by Crippen LogP contribution is -2.13. The van der Waals surface area contributed by atoms with Crippen molar-refractivity contribution in [1.82, 2.24) is 24.4 Å². The van der Waals surface area contributed by atoms with Gasteiger partial charge in [0, 0.05) is 16.8 Å². The van der Waals surface area contributed by atoms with Crippen molar-refractivity contribution in [3.05, 3.63) is 16.7 Å². The van der Waals surface area contributed by atoms with Gasteiger partial charge in [0.1, 0.15) is 6.23 Å².